The zero-order chi connectivity index (χ0) is 13.0. The number of ether oxygens (including phenoxy) is 1. The van der Waals surface area contributed by atoms with Crippen LogP contribution in [0, 0.1) is 6.92 Å². The van der Waals surface area contributed by atoms with E-state index in [9.17, 15) is 4.79 Å². The van der Waals surface area contributed by atoms with Crippen LogP contribution < -0.4 is 10.2 Å². The Morgan fingerprint density at radius 3 is 2.78 bits per heavy atom. The number of nitrogens with one attached hydrogen (secondary N) is 1. The number of rotatable bonds is 4. The molecule has 18 heavy (non-hydrogen) atoms. The summed E-state index contributed by atoms with van der Waals surface area (Å²) in [5, 5.41) is 12.1. The Kier molecular flexibility index (Phi) is 4.17. The van der Waals surface area contributed by atoms with Crippen LogP contribution in [-0.2, 0) is 9.53 Å². The molecule has 5 nitrogen and oxygen atoms in total. The standard InChI is InChI=1S/C13H17N2O3/c1-10(16)8-14-11-2-4-12(5-3-11)15-6-7-18-9-13(15)17/h2-5,10,14,16H,1,6-9H2/t10-/m1/s1. The molecule has 2 rings (SSSR count). The maximum Gasteiger partial charge on any atom is 0.253 e. The number of carbonyl (C=O) groups is 1. The van der Waals surface area contributed by atoms with Gasteiger partial charge in [-0.05, 0) is 31.2 Å². The van der Waals surface area contributed by atoms with Gasteiger partial charge in [0.05, 0.1) is 12.7 Å². The fourth-order valence-corrected chi connectivity index (χ4v) is 1.79. The van der Waals surface area contributed by atoms with Crippen molar-refractivity contribution >= 4 is 17.3 Å². The summed E-state index contributed by atoms with van der Waals surface area (Å²) in [5.74, 6) is -0.0184. The van der Waals surface area contributed by atoms with Crippen LogP contribution in [0.5, 0.6) is 0 Å². The van der Waals surface area contributed by atoms with Gasteiger partial charge in [0.2, 0.25) is 0 Å². The lowest BCUT2D eigenvalue weighted by molar-refractivity contribution is -0.125. The summed E-state index contributed by atoms with van der Waals surface area (Å²) in [6.45, 7) is 5.18. The van der Waals surface area contributed by atoms with Crippen molar-refractivity contribution in [2.24, 2.45) is 0 Å². The second-order valence-electron chi connectivity index (χ2n) is 4.18. The first kappa shape index (κ1) is 12.9. The minimum absolute atomic E-state index is 0.0184. The molecule has 1 aromatic carbocycles. The minimum atomic E-state index is -0.634. The molecule has 1 amide bonds. The molecule has 1 fully saturated rings. The van der Waals surface area contributed by atoms with E-state index >= 15 is 0 Å². The molecule has 1 aromatic rings. The van der Waals surface area contributed by atoms with E-state index in [-0.39, 0.29) is 12.5 Å². The number of nitrogens with zero attached hydrogens (tertiary/aromatic N) is 1. The first-order chi connectivity index (χ1) is 8.66. The Balaban J connectivity index is 2.00. The van der Waals surface area contributed by atoms with E-state index in [2.05, 4.69) is 12.2 Å². The van der Waals surface area contributed by atoms with Gasteiger partial charge in [-0.25, -0.2) is 0 Å². The highest BCUT2D eigenvalue weighted by atomic mass is 16.5. The summed E-state index contributed by atoms with van der Waals surface area (Å²) in [6, 6.07) is 7.50. The number of amides is 1. The fourth-order valence-electron chi connectivity index (χ4n) is 1.79. The van der Waals surface area contributed by atoms with E-state index in [1.165, 1.54) is 0 Å². The van der Waals surface area contributed by atoms with Crippen LogP contribution in [0.15, 0.2) is 24.3 Å². The van der Waals surface area contributed by atoms with E-state index in [1.54, 1.807) is 4.90 Å². The zero-order valence-corrected chi connectivity index (χ0v) is 10.1. The van der Waals surface area contributed by atoms with E-state index < -0.39 is 6.10 Å². The van der Waals surface area contributed by atoms with Gasteiger partial charge in [0.25, 0.3) is 5.91 Å². The lowest BCUT2D eigenvalue weighted by Gasteiger charge is -2.27. The van der Waals surface area contributed by atoms with Crippen LogP contribution in [-0.4, -0.2) is 43.4 Å². The molecule has 1 aliphatic heterocycles. The maximum absolute atomic E-state index is 11.6. The van der Waals surface area contributed by atoms with Crippen LogP contribution in [0.2, 0.25) is 0 Å². The summed E-state index contributed by atoms with van der Waals surface area (Å²) in [6.07, 6.45) is -0.634. The first-order valence-corrected chi connectivity index (χ1v) is 5.90. The van der Waals surface area contributed by atoms with Crippen LogP contribution in [0.3, 0.4) is 0 Å². The lowest BCUT2D eigenvalue weighted by atomic mass is 10.2. The summed E-state index contributed by atoms with van der Waals surface area (Å²) in [7, 11) is 0. The smallest absolute Gasteiger partial charge is 0.253 e. The summed E-state index contributed by atoms with van der Waals surface area (Å²) in [4.78, 5) is 13.4. The number of hydrogen-bond donors (Lipinski definition) is 2. The fraction of sp³-hybridized carbons (Fsp3) is 0.385. The second-order valence-corrected chi connectivity index (χ2v) is 4.18. The monoisotopic (exact) mass is 249 g/mol. The van der Waals surface area contributed by atoms with Gasteiger partial charge in [-0.2, -0.15) is 0 Å². The van der Waals surface area contributed by atoms with Crippen LogP contribution in [0.1, 0.15) is 0 Å². The molecule has 0 saturated carbocycles. The summed E-state index contributed by atoms with van der Waals surface area (Å²) >= 11 is 0. The van der Waals surface area contributed by atoms with Crippen molar-refractivity contribution in [3.05, 3.63) is 31.2 Å². The quantitative estimate of drug-likeness (QED) is 0.822. The third kappa shape index (κ3) is 3.21. The van der Waals surface area contributed by atoms with Crippen LogP contribution in [0.25, 0.3) is 0 Å². The van der Waals surface area contributed by atoms with Crippen molar-refractivity contribution in [2.45, 2.75) is 6.10 Å². The van der Waals surface area contributed by atoms with E-state index in [0.717, 1.165) is 11.4 Å². The molecule has 1 atom stereocenters. The normalized spacial score (nSPS) is 17.7. The Labute approximate surface area is 106 Å². The average molecular weight is 249 g/mol. The van der Waals surface area contributed by atoms with Crippen molar-refractivity contribution < 1.29 is 14.6 Å². The van der Waals surface area contributed by atoms with Crippen LogP contribution in [0.4, 0.5) is 11.4 Å². The van der Waals surface area contributed by atoms with Gasteiger partial charge in [0.15, 0.2) is 0 Å². The second kappa shape index (κ2) is 5.84. The molecule has 0 aliphatic carbocycles. The van der Waals surface area contributed by atoms with Crippen molar-refractivity contribution in [3.63, 3.8) is 0 Å². The van der Waals surface area contributed by atoms with E-state index in [0.29, 0.717) is 19.7 Å². The molecular weight excluding hydrogens is 232 g/mol. The highest BCUT2D eigenvalue weighted by Crippen LogP contribution is 2.19. The van der Waals surface area contributed by atoms with Gasteiger partial charge >= 0.3 is 0 Å². The van der Waals surface area contributed by atoms with Crippen molar-refractivity contribution in [2.75, 3.05) is 36.5 Å². The molecule has 1 heterocycles. The third-order valence-corrected chi connectivity index (χ3v) is 2.71. The highest BCUT2D eigenvalue weighted by molar-refractivity contribution is 5.94. The molecule has 0 aromatic heterocycles. The molecule has 0 spiro atoms. The van der Waals surface area contributed by atoms with Crippen molar-refractivity contribution in [1.82, 2.24) is 0 Å². The number of benzene rings is 1. The van der Waals surface area contributed by atoms with Gasteiger partial charge in [-0.1, -0.05) is 0 Å². The molecule has 1 radical (unpaired) electrons. The van der Waals surface area contributed by atoms with Gasteiger partial charge < -0.3 is 20.1 Å². The van der Waals surface area contributed by atoms with Crippen molar-refractivity contribution in [3.8, 4) is 0 Å². The Morgan fingerprint density at radius 2 is 2.17 bits per heavy atom. The Bertz CT molecular complexity index is 403. The predicted molar refractivity (Wildman–Crippen MR) is 69.5 cm³/mol. The summed E-state index contributed by atoms with van der Waals surface area (Å²) < 4.78 is 5.08. The number of carbonyl (C=O) groups excluding carboxylic acids is 1. The van der Waals surface area contributed by atoms with Gasteiger partial charge in [-0.15, -0.1) is 0 Å². The van der Waals surface area contributed by atoms with Crippen LogP contribution >= 0.6 is 0 Å². The number of morpholine rings is 1. The molecule has 2 N–H and O–H groups in total. The Hall–Kier alpha value is -1.59. The number of aliphatic hydroxyl groups excluding tert-OH is 1. The lowest BCUT2D eigenvalue weighted by Crippen LogP contribution is -2.41. The molecule has 1 aliphatic rings. The molecule has 97 valence electrons. The number of anilines is 2. The summed E-state index contributed by atoms with van der Waals surface area (Å²) in [5.41, 5.74) is 1.76. The molecule has 0 bridgehead atoms. The number of hydrogen-bond acceptors (Lipinski definition) is 4. The molecule has 1 saturated heterocycles. The zero-order valence-electron chi connectivity index (χ0n) is 10.1. The minimum Gasteiger partial charge on any atom is -0.391 e. The Morgan fingerprint density at radius 1 is 1.44 bits per heavy atom. The average Bonchev–Trinajstić information content (AvgIpc) is 2.38. The SMILES string of the molecule is [CH2][C@@H](O)CNc1ccc(N2CCOCC2=O)cc1. The largest absolute Gasteiger partial charge is 0.391 e. The first-order valence-electron chi connectivity index (χ1n) is 5.90. The topological polar surface area (TPSA) is 61.8 Å². The predicted octanol–water partition coefficient (Wildman–Crippen LogP) is 0.657. The van der Waals surface area contributed by atoms with Gasteiger partial charge in [0.1, 0.15) is 6.61 Å². The maximum atomic E-state index is 11.6. The number of aliphatic hydroxyl groups is 1. The molecule has 0 unspecified atom stereocenters. The highest BCUT2D eigenvalue weighted by Gasteiger charge is 2.19. The van der Waals surface area contributed by atoms with Crippen molar-refractivity contribution in [1.29, 1.82) is 0 Å². The van der Waals surface area contributed by atoms with Gasteiger partial charge in [-0.3, -0.25) is 4.79 Å². The van der Waals surface area contributed by atoms with E-state index in [4.69, 9.17) is 9.84 Å². The molecular formula is C13H17N2O3. The third-order valence-electron chi connectivity index (χ3n) is 2.71. The van der Waals surface area contributed by atoms with E-state index in [1.807, 2.05) is 24.3 Å². The van der Waals surface area contributed by atoms with Gasteiger partial charge in [0, 0.05) is 24.5 Å². The molecule has 5 heteroatoms.